The van der Waals surface area contributed by atoms with E-state index in [4.69, 9.17) is 9.47 Å². The van der Waals surface area contributed by atoms with E-state index >= 15 is 0 Å². The van der Waals surface area contributed by atoms with Crippen LogP contribution in [0.4, 0.5) is 0 Å². The molecule has 10 nitrogen and oxygen atoms in total. The fourth-order valence-corrected chi connectivity index (χ4v) is 10.0. The molecular weight excluding hydrogens is 857 g/mol. The maximum absolute atomic E-state index is 12.9. The summed E-state index contributed by atoms with van der Waals surface area (Å²) in [5.41, 5.74) is 12.6. The van der Waals surface area contributed by atoms with Gasteiger partial charge in [0.1, 0.15) is 22.5 Å². The first-order valence-electron chi connectivity index (χ1n) is 20.8. The van der Waals surface area contributed by atoms with Crippen molar-refractivity contribution in [1.29, 1.82) is 0 Å². The quantitative estimate of drug-likeness (QED) is 0.115. The van der Waals surface area contributed by atoms with Crippen LogP contribution in [-0.4, -0.2) is 53.8 Å². The number of ether oxygens (including phenoxy) is 2. The first-order valence-corrected chi connectivity index (χ1v) is 24.6. The minimum atomic E-state index is -1.37. The number of fused-ring (bicyclic) bond motifs is 2. The van der Waals surface area contributed by atoms with E-state index in [0.29, 0.717) is 42.4 Å². The predicted molar refractivity (Wildman–Crippen MR) is 250 cm³/mol. The molecule has 14 heteroatoms. The van der Waals surface area contributed by atoms with Crippen LogP contribution in [0, 0.1) is 12.8 Å². The SMILES string of the molecule is CC1(S(=O)NC(=O)c2ccccc2-c2ccc3c(c2)OC[C@H](Cc2cscn2)C3)CC1.CC1(SNC(=O)c2ccccc2-c2ccc3c(c2)OCCC3O)CC1.Cc1cscn1. The lowest BCUT2D eigenvalue weighted by Crippen LogP contribution is -2.33. The Morgan fingerprint density at radius 1 is 0.839 bits per heavy atom. The summed E-state index contributed by atoms with van der Waals surface area (Å²) in [5, 5.41) is 14.2. The van der Waals surface area contributed by atoms with Gasteiger partial charge in [0.05, 0.1) is 40.8 Å². The Hall–Kier alpha value is -4.86. The molecule has 2 aliphatic carbocycles. The lowest BCUT2D eigenvalue weighted by molar-refractivity contribution is 0.0975. The van der Waals surface area contributed by atoms with Crippen LogP contribution >= 0.6 is 34.6 Å². The van der Waals surface area contributed by atoms with Crippen molar-refractivity contribution in [2.45, 2.75) is 81.3 Å². The van der Waals surface area contributed by atoms with Gasteiger partial charge in [-0.15, -0.1) is 22.7 Å². The summed E-state index contributed by atoms with van der Waals surface area (Å²) in [7, 11) is -1.37. The Kier molecular flexibility index (Phi) is 13.6. The second kappa shape index (κ2) is 19.3. The molecule has 2 amide bonds. The third-order valence-corrected chi connectivity index (χ3v) is 15.7. The van der Waals surface area contributed by atoms with Crippen molar-refractivity contribution >= 4 is 57.4 Å². The van der Waals surface area contributed by atoms with E-state index in [9.17, 15) is 18.9 Å². The highest BCUT2D eigenvalue weighted by atomic mass is 32.2. The molecule has 2 saturated carbocycles. The number of aliphatic hydroxyl groups is 1. The number of aliphatic hydroxyl groups excluding tert-OH is 1. The lowest BCUT2D eigenvalue weighted by Gasteiger charge is -2.25. The molecule has 4 heterocycles. The van der Waals surface area contributed by atoms with Gasteiger partial charge in [-0.2, -0.15) is 0 Å². The number of nitrogens with one attached hydrogen (secondary N) is 2. The molecule has 3 atom stereocenters. The van der Waals surface area contributed by atoms with E-state index < -0.39 is 17.1 Å². The van der Waals surface area contributed by atoms with E-state index in [0.717, 1.165) is 83.5 Å². The largest absolute Gasteiger partial charge is 0.493 e. The topological polar surface area (TPSA) is 140 Å². The summed E-state index contributed by atoms with van der Waals surface area (Å²) in [6.07, 6.45) is 6.05. The van der Waals surface area contributed by atoms with Crippen LogP contribution in [0.25, 0.3) is 22.3 Å². The van der Waals surface area contributed by atoms with Crippen molar-refractivity contribution in [2.75, 3.05) is 13.2 Å². The molecule has 2 unspecified atom stereocenters. The van der Waals surface area contributed by atoms with Crippen molar-refractivity contribution in [2.24, 2.45) is 5.92 Å². The van der Waals surface area contributed by atoms with Gasteiger partial charge in [-0.1, -0.05) is 60.7 Å². The van der Waals surface area contributed by atoms with Crippen LogP contribution in [0.2, 0.25) is 0 Å². The van der Waals surface area contributed by atoms with Crippen molar-refractivity contribution in [3.05, 3.63) is 140 Å². The molecule has 0 spiro atoms. The number of amides is 2. The van der Waals surface area contributed by atoms with E-state index in [-0.39, 0.29) is 21.3 Å². The van der Waals surface area contributed by atoms with Crippen LogP contribution in [0.15, 0.2) is 107 Å². The summed E-state index contributed by atoms with van der Waals surface area (Å²) in [6, 6.07) is 26.9. The Morgan fingerprint density at radius 3 is 2.13 bits per heavy atom. The van der Waals surface area contributed by atoms with Crippen molar-refractivity contribution in [3.63, 3.8) is 0 Å². The standard InChI is InChI=1S/C24H24N2O3S2.C20H21NO3S.C4H5NS/c1-24(8-9-24)31(28)26-23(27)21-5-3-2-4-20(21)17-6-7-18-10-16(13-29-22(18)12-17)11-19-14-30-15-25-19;1-20(9-10-20)25-21-19(23)15-5-3-2-4-14(15)13-6-7-16-17(22)8-11-24-18(16)12-13;1-4-2-6-3-5-4/h2-7,12,14-16H,8-11,13H2,1H3,(H,26,27);2-7,12,17,22H,8-11H2,1H3,(H,21,23);2-3H,1H3/t16-,31?;;/m0../s1. The van der Waals surface area contributed by atoms with Gasteiger partial charge in [-0.25, -0.2) is 9.19 Å². The van der Waals surface area contributed by atoms with Gasteiger partial charge in [0.25, 0.3) is 11.8 Å². The van der Waals surface area contributed by atoms with Gasteiger partial charge < -0.3 is 14.6 Å². The molecule has 322 valence electrons. The Balaban J connectivity index is 0.000000153. The molecule has 4 aliphatic rings. The fraction of sp³-hybridized carbons (Fsp3) is 0.333. The number of carbonyl (C=O) groups excluding carboxylic acids is 2. The van der Waals surface area contributed by atoms with Crippen molar-refractivity contribution < 1.29 is 28.4 Å². The monoisotopic (exact) mass is 906 g/mol. The van der Waals surface area contributed by atoms with Gasteiger partial charge in [0, 0.05) is 50.2 Å². The van der Waals surface area contributed by atoms with Crippen LogP contribution in [0.1, 0.15) is 95.3 Å². The van der Waals surface area contributed by atoms with Crippen LogP contribution in [0.3, 0.4) is 0 Å². The second-order valence-electron chi connectivity index (χ2n) is 16.6. The van der Waals surface area contributed by atoms with Gasteiger partial charge in [-0.05, 0) is 123 Å². The molecule has 10 rings (SSSR count). The number of rotatable bonds is 10. The summed E-state index contributed by atoms with van der Waals surface area (Å²) in [5.74, 6) is 1.61. The maximum Gasteiger partial charge on any atom is 0.263 e. The summed E-state index contributed by atoms with van der Waals surface area (Å²) in [6.45, 7) is 7.26. The highest BCUT2D eigenvalue weighted by Crippen LogP contribution is 2.46. The Morgan fingerprint density at radius 2 is 1.50 bits per heavy atom. The zero-order valence-corrected chi connectivity index (χ0v) is 38.2. The molecule has 2 aromatic heterocycles. The molecule has 6 aromatic rings. The molecular formula is C48H50N4O6S4. The molecule has 0 radical (unpaired) electrons. The van der Waals surface area contributed by atoms with Gasteiger partial charge in [0.2, 0.25) is 0 Å². The first-order chi connectivity index (χ1) is 30.0. The maximum atomic E-state index is 12.9. The predicted octanol–water partition coefficient (Wildman–Crippen LogP) is 10.1. The zero-order chi connectivity index (χ0) is 43.3. The first kappa shape index (κ1) is 43.8. The molecule has 4 aromatic carbocycles. The highest BCUT2D eigenvalue weighted by Gasteiger charge is 2.45. The zero-order valence-electron chi connectivity index (χ0n) is 34.9. The second-order valence-corrected chi connectivity index (χ2v) is 21.2. The normalized spacial score (nSPS) is 18.9. The average Bonchev–Trinajstić information content (AvgIpc) is 4.07. The van der Waals surface area contributed by atoms with Gasteiger partial charge >= 0.3 is 0 Å². The highest BCUT2D eigenvalue weighted by molar-refractivity contribution is 7.99. The molecule has 2 fully saturated rings. The van der Waals surface area contributed by atoms with Crippen LogP contribution < -0.4 is 18.9 Å². The summed E-state index contributed by atoms with van der Waals surface area (Å²) < 4.78 is 29.8. The summed E-state index contributed by atoms with van der Waals surface area (Å²) in [4.78, 5) is 33.8. The van der Waals surface area contributed by atoms with Crippen LogP contribution in [0.5, 0.6) is 11.5 Å². The number of benzene rings is 4. The molecule has 0 bridgehead atoms. The molecule has 2 aliphatic heterocycles. The van der Waals surface area contributed by atoms with Crippen molar-refractivity contribution in [1.82, 2.24) is 19.4 Å². The van der Waals surface area contributed by atoms with Crippen molar-refractivity contribution in [3.8, 4) is 33.8 Å². The van der Waals surface area contributed by atoms with E-state index in [2.05, 4.69) is 37.8 Å². The lowest BCUT2D eigenvalue weighted by atomic mass is 9.91. The number of hydrogen-bond acceptors (Lipinski definition) is 11. The third kappa shape index (κ3) is 10.8. The smallest absolute Gasteiger partial charge is 0.263 e. The van der Waals surface area contributed by atoms with E-state index in [1.165, 1.54) is 17.5 Å². The van der Waals surface area contributed by atoms with E-state index in [1.807, 2.05) is 103 Å². The number of nitrogens with zero attached hydrogens (tertiary/aromatic N) is 2. The van der Waals surface area contributed by atoms with Crippen LogP contribution in [-0.2, 0) is 23.8 Å². The fourth-order valence-electron chi connectivity index (χ4n) is 7.17. The molecule has 3 N–H and O–H groups in total. The number of hydrogen-bond donors (Lipinski definition) is 3. The Labute approximate surface area is 377 Å². The number of carbonyl (C=O) groups is 2. The van der Waals surface area contributed by atoms with Gasteiger partial charge in [-0.3, -0.25) is 24.0 Å². The Bertz CT molecular complexity index is 2540. The number of aromatic nitrogens is 2. The van der Waals surface area contributed by atoms with E-state index in [1.54, 1.807) is 28.7 Å². The summed E-state index contributed by atoms with van der Waals surface area (Å²) >= 11 is 4.77. The minimum absolute atomic E-state index is 0.0765. The number of thiazole rings is 2. The van der Waals surface area contributed by atoms with Gasteiger partial charge in [0.15, 0.2) is 0 Å². The average molecular weight is 907 g/mol. The minimum Gasteiger partial charge on any atom is -0.493 e. The third-order valence-electron chi connectivity index (χ3n) is 11.5. The molecule has 0 saturated heterocycles. The number of aryl methyl sites for hydroxylation is 1. The molecule has 62 heavy (non-hydrogen) atoms.